The Bertz CT molecular complexity index is 3010. The standard InChI is InChI=1S/2C16H16ClN3O2.C15H14ClN3O2/c1-9-8-12(17)18-10-6-7-16(2,15(21)14(9)10)11-4-5-13(22-3)20-19-11;1-9-8-12(17)18-10-6-7-16(2,15(22)14(9)10)11-4-5-13(21)20(3)19-11;1-8-7-11(16)17-9-5-6-15(2,14(21)13(8)9)10-3-4-12(20)19-18-10/h2*4-5,8H,6-7H2,1-3H3;3-4,7H,5-6H2,1-2H3,(H,19,20). The number of halogens is 3. The third-order valence-corrected chi connectivity index (χ3v) is 13.3. The molecule has 6 aromatic heterocycles. The lowest BCUT2D eigenvalue weighted by molar-refractivity contribution is 0.0861. The molecular formula is C47H46Cl3N9O6. The summed E-state index contributed by atoms with van der Waals surface area (Å²) in [4.78, 5) is 74.6. The summed E-state index contributed by atoms with van der Waals surface area (Å²) in [6.07, 6.45) is 3.81. The van der Waals surface area contributed by atoms with Crippen LogP contribution in [0.1, 0.15) is 122 Å². The summed E-state index contributed by atoms with van der Waals surface area (Å²) in [7, 11) is 3.12. The second-order valence-corrected chi connectivity index (χ2v) is 18.3. The van der Waals surface area contributed by atoms with Crippen LogP contribution in [0, 0.1) is 20.8 Å². The lowest BCUT2D eigenvalue weighted by atomic mass is 9.70. The summed E-state index contributed by atoms with van der Waals surface area (Å²) in [6.45, 7) is 11.2. The van der Waals surface area contributed by atoms with Crippen molar-refractivity contribution in [2.75, 3.05) is 7.11 Å². The van der Waals surface area contributed by atoms with E-state index in [1.54, 1.807) is 49.5 Å². The minimum absolute atomic E-state index is 0.0124. The number of ketones is 3. The van der Waals surface area contributed by atoms with Gasteiger partial charge >= 0.3 is 0 Å². The van der Waals surface area contributed by atoms with Crippen LogP contribution < -0.4 is 15.9 Å². The van der Waals surface area contributed by atoms with Gasteiger partial charge in [0.2, 0.25) is 5.88 Å². The first-order valence-corrected chi connectivity index (χ1v) is 21.9. The van der Waals surface area contributed by atoms with Crippen molar-refractivity contribution in [2.24, 2.45) is 7.05 Å². The van der Waals surface area contributed by atoms with E-state index >= 15 is 0 Å². The first kappa shape index (κ1) is 46.9. The molecule has 0 saturated carbocycles. The average Bonchev–Trinajstić information content (AvgIpc) is 3.26. The molecule has 0 bridgehead atoms. The van der Waals surface area contributed by atoms with Gasteiger partial charge in [-0.3, -0.25) is 24.0 Å². The number of rotatable bonds is 4. The molecule has 3 aliphatic carbocycles. The molecule has 6 aromatic rings. The second kappa shape index (κ2) is 18.1. The molecule has 0 amide bonds. The number of Topliss-reactive ketones (excluding diaryl/α,β-unsaturated/α-hetero) is 3. The number of aromatic amines is 1. The Kier molecular flexibility index (Phi) is 13.1. The monoisotopic (exact) mass is 937 g/mol. The van der Waals surface area contributed by atoms with Crippen LogP contribution in [-0.2, 0) is 42.6 Å². The van der Waals surface area contributed by atoms with E-state index in [-0.39, 0.29) is 28.5 Å². The maximum Gasteiger partial charge on any atom is 0.266 e. The number of carbonyl (C=O) groups excluding carboxylic acids is 3. The van der Waals surface area contributed by atoms with Crippen molar-refractivity contribution in [1.29, 1.82) is 0 Å². The number of carbonyl (C=O) groups is 3. The second-order valence-electron chi connectivity index (χ2n) is 17.2. The number of hydrogen-bond acceptors (Lipinski definition) is 13. The van der Waals surface area contributed by atoms with Gasteiger partial charge in [0.15, 0.2) is 17.3 Å². The smallest absolute Gasteiger partial charge is 0.266 e. The number of nitrogens with one attached hydrogen (secondary N) is 1. The van der Waals surface area contributed by atoms with Gasteiger partial charge < -0.3 is 4.74 Å². The van der Waals surface area contributed by atoms with Crippen LogP contribution in [0.25, 0.3) is 0 Å². The minimum Gasteiger partial charge on any atom is -0.480 e. The number of H-pyrrole nitrogens is 1. The number of ether oxygens (including phenoxy) is 1. The Balaban J connectivity index is 0.000000145. The van der Waals surface area contributed by atoms with Crippen molar-refractivity contribution >= 4 is 52.2 Å². The highest BCUT2D eigenvalue weighted by Crippen LogP contribution is 2.41. The number of methoxy groups -OCH3 is 1. The summed E-state index contributed by atoms with van der Waals surface area (Å²) in [5.74, 6) is 0.419. The topological polar surface area (TPSA) is 206 Å². The zero-order valence-corrected chi connectivity index (χ0v) is 39.4. The van der Waals surface area contributed by atoms with E-state index in [0.29, 0.717) is 93.6 Å². The van der Waals surface area contributed by atoms with E-state index < -0.39 is 16.2 Å². The van der Waals surface area contributed by atoms with Crippen LogP contribution in [0.4, 0.5) is 0 Å². The molecule has 3 aliphatic rings. The Labute approximate surface area is 389 Å². The minimum atomic E-state index is -0.753. The zero-order chi connectivity index (χ0) is 47.2. The quantitative estimate of drug-likeness (QED) is 0.172. The maximum absolute atomic E-state index is 13.1. The van der Waals surface area contributed by atoms with Gasteiger partial charge in [0, 0.05) is 41.9 Å². The number of aryl methyl sites for hydroxylation is 7. The van der Waals surface area contributed by atoms with Crippen molar-refractivity contribution < 1.29 is 19.1 Å². The third kappa shape index (κ3) is 8.88. The molecule has 3 atom stereocenters. The van der Waals surface area contributed by atoms with E-state index in [2.05, 4.69) is 40.4 Å². The van der Waals surface area contributed by atoms with Crippen LogP contribution in [0.15, 0.2) is 64.2 Å². The van der Waals surface area contributed by atoms with E-state index in [1.807, 2.05) is 41.5 Å². The highest BCUT2D eigenvalue weighted by molar-refractivity contribution is 6.30. The zero-order valence-electron chi connectivity index (χ0n) is 37.1. The third-order valence-electron chi connectivity index (χ3n) is 12.7. The fourth-order valence-corrected chi connectivity index (χ4v) is 9.53. The van der Waals surface area contributed by atoms with Gasteiger partial charge in [0.1, 0.15) is 15.5 Å². The van der Waals surface area contributed by atoms with Crippen LogP contribution in [0.3, 0.4) is 0 Å². The van der Waals surface area contributed by atoms with E-state index in [9.17, 15) is 24.0 Å². The van der Waals surface area contributed by atoms with Crippen molar-refractivity contribution in [1.82, 2.24) is 45.1 Å². The van der Waals surface area contributed by atoms with Gasteiger partial charge in [0.05, 0.1) is 57.5 Å². The summed E-state index contributed by atoms with van der Waals surface area (Å²) >= 11 is 17.9. The normalized spacial score (nSPS) is 20.9. The van der Waals surface area contributed by atoms with Crippen LogP contribution >= 0.6 is 34.8 Å². The Morgan fingerprint density at radius 2 is 1.00 bits per heavy atom. The molecule has 18 heteroatoms. The molecule has 65 heavy (non-hydrogen) atoms. The van der Waals surface area contributed by atoms with Gasteiger partial charge in [0.25, 0.3) is 11.1 Å². The van der Waals surface area contributed by atoms with Crippen molar-refractivity contribution in [3.8, 4) is 5.88 Å². The Morgan fingerprint density at radius 3 is 1.38 bits per heavy atom. The predicted molar refractivity (Wildman–Crippen MR) is 245 cm³/mol. The largest absolute Gasteiger partial charge is 0.480 e. The van der Waals surface area contributed by atoms with Gasteiger partial charge in [-0.15, -0.1) is 5.10 Å². The number of aromatic nitrogens is 9. The molecule has 6 heterocycles. The number of hydrogen-bond donors (Lipinski definition) is 1. The molecule has 336 valence electrons. The van der Waals surface area contributed by atoms with Gasteiger partial charge in [-0.1, -0.05) is 34.8 Å². The van der Waals surface area contributed by atoms with Crippen LogP contribution in [0.2, 0.25) is 15.5 Å². The Hall–Kier alpha value is -6.03. The summed E-state index contributed by atoms with van der Waals surface area (Å²) in [5, 5.41) is 20.1. The molecule has 15 nitrogen and oxygen atoms in total. The van der Waals surface area contributed by atoms with E-state index in [1.165, 1.54) is 23.9 Å². The van der Waals surface area contributed by atoms with E-state index in [4.69, 9.17) is 39.5 Å². The lowest BCUT2D eigenvalue weighted by Gasteiger charge is -2.33. The first-order chi connectivity index (χ1) is 30.7. The van der Waals surface area contributed by atoms with E-state index in [0.717, 1.165) is 33.8 Å². The molecule has 0 spiro atoms. The lowest BCUT2D eigenvalue weighted by Crippen LogP contribution is -2.40. The van der Waals surface area contributed by atoms with Gasteiger partial charge in [-0.25, -0.2) is 24.7 Å². The fraction of sp³-hybridized carbons (Fsp3) is 0.362. The van der Waals surface area contributed by atoms with Crippen LogP contribution in [0.5, 0.6) is 5.88 Å². The van der Waals surface area contributed by atoms with Gasteiger partial charge in [-0.05, 0) is 133 Å². The highest BCUT2D eigenvalue weighted by Gasteiger charge is 2.45. The van der Waals surface area contributed by atoms with Crippen molar-refractivity contribution in [3.05, 3.63) is 158 Å². The molecule has 3 unspecified atom stereocenters. The fourth-order valence-electron chi connectivity index (χ4n) is 8.74. The molecule has 9 rings (SSSR count). The summed E-state index contributed by atoms with van der Waals surface area (Å²) in [5.41, 5.74) is 5.85. The summed E-state index contributed by atoms with van der Waals surface area (Å²) < 4.78 is 6.28. The molecular weight excluding hydrogens is 893 g/mol. The van der Waals surface area contributed by atoms with Crippen LogP contribution in [-0.4, -0.2) is 69.6 Å². The first-order valence-electron chi connectivity index (χ1n) is 20.8. The molecule has 0 radical (unpaired) electrons. The van der Waals surface area contributed by atoms with Crippen molar-refractivity contribution in [2.45, 2.75) is 96.3 Å². The highest BCUT2D eigenvalue weighted by atomic mass is 35.5. The molecule has 1 N–H and O–H groups in total. The van der Waals surface area contributed by atoms with Crippen molar-refractivity contribution in [3.63, 3.8) is 0 Å². The number of fused-ring (bicyclic) bond motifs is 3. The Morgan fingerprint density at radius 1 is 0.585 bits per heavy atom. The SMILES string of the molecule is COc1ccc(C2(C)CCc3nc(Cl)cc(C)c3C2=O)nn1.Cc1cc(Cl)nc2c1C(=O)C(C)(c1ccc(=O)[nH]n1)CC2.Cc1cc(Cl)nc2c1C(=O)C(C)(c1ccc(=O)n(C)n1)CC2. The predicted octanol–water partition coefficient (Wildman–Crippen LogP) is 7.37. The summed E-state index contributed by atoms with van der Waals surface area (Å²) in [6, 6.07) is 14.8. The van der Waals surface area contributed by atoms with Gasteiger partial charge in [-0.2, -0.15) is 15.3 Å². The maximum atomic E-state index is 13.1. The number of nitrogens with zero attached hydrogens (tertiary/aromatic N) is 8. The average molecular weight is 939 g/mol. The number of pyridine rings is 3. The molecule has 0 aromatic carbocycles. The molecule has 0 fully saturated rings. The molecule has 0 aliphatic heterocycles. The molecule has 0 saturated heterocycles.